The lowest BCUT2D eigenvalue weighted by Gasteiger charge is -2.34. The van der Waals surface area contributed by atoms with E-state index in [9.17, 15) is 31.5 Å². The van der Waals surface area contributed by atoms with Gasteiger partial charge in [-0.3, -0.25) is 9.59 Å². The number of nitrogens with one attached hydrogen (secondary N) is 1. The van der Waals surface area contributed by atoms with E-state index in [1.54, 1.807) is 5.32 Å². The minimum atomic E-state index is -4.99. The first kappa shape index (κ1) is 18.9. The number of aliphatic carboxylic acids is 1. The van der Waals surface area contributed by atoms with Gasteiger partial charge in [-0.15, -0.1) is 0 Å². The minimum absolute atomic E-state index is 0.141. The molecule has 1 fully saturated rings. The molecule has 1 amide bonds. The Morgan fingerprint density at radius 1 is 1.16 bits per heavy atom. The number of para-hydroxylation sites is 1. The second kappa shape index (κ2) is 7.24. The van der Waals surface area contributed by atoms with Crippen molar-refractivity contribution in [3.05, 3.63) is 29.8 Å². The first-order valence-electron chi connectivity index (χ1n) is 7.25. The topological polar surface area (TPSA) is 75.6 Å². The van der Waals surface area contributed by atoms with E-state index in [1.165, 1.54) is 12.1 Å². The molecule has 1 saturated carbocycles. The number of rotatable bonds is 6. The van der Waals surface area contributed by atoms with Crippen LogP contribution in [0.1, 0.15) is 24.4 Å². The average Bonchev–Trinajstić information content (AvgIpc) is 2.42. The van der Waals surface area contributed by atoms with Crippen molar-refractivity contribution in [2.45, 2.75) is 31.7 Å². The molecule has 2 rings (SSSR count). The van der Waals surface area contributed by atoms with Gasteiger partial charge >= 0.3 is 18.8 Å². The van der Waals surface area contributed by atoms with Gasteiger partial charge < -0.3 is 15.2 Å². The molecule has 3 unspecified atom stereocenters. The Hall–Kier alpha value is -2.39. The highest BCUT2D eigenvalue weighted by Gasteiger charge is 2.47. The number of carboxylic acids is 1. The molecule has 0 saturated heterocycles. The van der Waals surface area contributed by atoms with Gasteiger partial charge in [-0.1, -0.05) is 18.2 Å². The number of amides is 1. The quantitative estimate of drug-likeness (QED) is 0.758. The Bertz CT molecular complexity index is 649. The zero-order chi connectivity index (χ0) is 18.8. The summed E-state index contributed by atoms with van der Waals surface area (Å²) in [6.45, 7) is -3.34. The molecule has 3 atom stereocenters. The lowest BCUT2D eigenvalue weighted by Crippen LogP contribution is -2.47. The summed E-state index contributed by atoms with van der Waals surface area (Å²) >= 11 is 0. The molecule has 5 nitrogen and oxygen atoms in total. The molecular weight excluding hydrogens is 353 g/mol. The van der Waals surface area contributed by atoms with E-state index >= 15 is 0 Å². The van der Waals surface area contributed by atoms with Crippen LogP contribution >= 0.6 is 0 Å². The number of carbonyl (C=O) groups is 2. The van der Waals surface area contributed by atoms with E-state index in [-0.39, 0.29) is 12.8 Å². The maximum Gasteiger partial charge on any atom is 0.413 e. The lowest BCUT2D eigenvalue weighted by atomic mass is 9.73. The number of carboxylic acid groups (broad SMARTS) is 1. The molecule has 10 heteroatoms. The molecule has 1 aliphatic rings. The first-order chi connectivity index (χ1) is 11.6. The van der Waals surface area contributed by atoms with Crippen LogP contribution in [0.25, 0.3) is 0 Å². The first-order valence-corrected chi connectivity index (χ1v) is 7.25. The summed E-state index contributed by atoms with van der Waals surface area (Å²) in [5, 5.41) is 10.6. The van der Waals surface area contributed by atoms with Gasteiger partial charge in [-0.2, -0.15) is 22.0 Å². The number of alkyl halides is 5. The molecule has 0 radical (unpaired) electrons. The third kappa shape index (κ3) is 4.37. The number of carbonyl (C=O) groups excluding carboxylic acids is 1. The zero-order valence-electron chi connectivity index (χ0n) is 12.6. The van der Waals surface area contributed by atoms with Gasteiger partial charge in [0.05, 0.1) is 11.8 Å². The van der Waals surface area contributed by atoms with Crippen molar-refractivity contribution in [3.63, 3.8) is 0 Å². The summed E-state index contributed by atoms with van der Waals surface area (Å²) in [5.74, 6) is -5.22. The maximum atomic E-state index is 13.4. The van der Waals surface area contributed by atoms with Crippen LogP contribution < -0.4 is 10.1 Å². The van der Waals surface area contributed by atoms with Crippen LogP contribution in [0, 0.1) is 11.8 Å². The van der Waals surface area contributed by atoms with Crippen LogP contribution in [-0.2, 0) is 9.59 Å². The van der Waals surface area contributed by atoms with Gasteiger partial charge in [0, 0.05) is 5.56 Å². The Balaban J connectivity index is 2.26. The molecule has 0 heterocycles. The van der Waals surface area contributed by atoms with Gasteiger partial charge in [-0.05, 0) is 18.9 Å². The van der Waals surface area contributed by atoms with Crippen LogP contribution in [0.3, 0.4) is 0 Å². The second-order valence-corrected chi connectivity index (χ2v) is 5.53. The van der Waals surface area contributed by atoms with E-state index in [2.05, 4.69) is 4.74 Å². The monoisotopic (exact) mass is 367 g/mol. The van der Waals surface area contributed by atoms with Crippen molar-refractivity contribution in [2.75, 3.05) is 0 Å². The molecule has 1 aromatic carbocycles. The van der Waals surface area contributed by atoms with Gasteiger partial charge in [-0.25, -0.2) is 0 Å². The second-order valence-electron chi connectivity index (χ2n) is 5.53. The maximum absolute atomic E-state index is 13.4. The molecule has 0 spiro atoms. The normalized spacial score (nSPS) is 21.4. The van der Waals surface area contributed by atoms with E-state index in [0.29, 0.717) is 0 Å². The van der Waals surface area contributed by atoms with Crippen molar-refractivity contribution in [1.82, 2.24) is 5.32 Å². The van der Waals surface area contributed by atoms with E-state index in [4.69, 9.17) is 5.11 Å². The fraction of sp³-hybridized carbons (Fsp3) is 0.467. The molecule has 0 aromatic heterocycles. The Morgan fingerprint density at radius 2 is 1.76 bits per heavy atom. The highest BCUT2D eigenvalue weighted by molar-refractivity contribution is 5.86. The molecule has 0 aliphatic heterocycles. The van der Waals surface area contributed by atoms with E-state index < -0.39 is 53.9 Å². The lowest BCUT2D eigenvalue weighted by molar-refractivity contribution is -0.168. The SMILES string of the molecule is O=C(O)C1CCC1C(=O)NC(c1ccccc1OC(F)F)C(F)(F)F. The summed E-state index contributed by atoms with van der Waals surface area (Å²) in [5.41, 5.74) is -0.685. The van der Waals surface area contributed by atoms with Gasteiger partial charge in [0.25, 0.3) is 0 Å². The summed E-state index contributed by atoms with van der Waals surface area (Å²) in [6.07, 6.45) is -4.66. The molecule has 2 N–H and O–H groups in total. The third-order valence-corrected chi connectivity index (χ3v) is 3.99. The molecule has 138 valence electrons. The Labute approximate surface area is 138 Å². The van der Waals surface area contributed by atoms with Crippen molar-refractivity contribution in [2.24, 2.45) is 11.8 Å². The van der Waals surface area contributed by atoms with Crippen LogP contribution in [0.2, 0.25) is 0 Å². The minimum Gasteiger partial charge on any atom is -0.481 e. The van der Waals surface area contributed by atoms with Gasteiger partial charge in [0.1, 0.15) is 5.75 Å². The highest BCUT2D eigenvalue weighted by atomic mass is 19.4. The van der Waals surface area contributed by atoms with E-state index in [1.807, 2.05) is 0 Å². The summed E-state index contributed by atoms with van der Waals surface area (Å²) < 4.78 is 68.9. The van der Waals surface area contributed by atoms with Crippen LogP contribution in [0.5, 0.6) is 5.75 Å². The molecule has 1 aromatic rings. The van der Waals surface area contributed by atoms with Crippen LogP contribution in [-0.4, -0.2) is 29.8 Å². The summed E-state index contributed by atoms with van der Waals surface area (Å²) in [4.78, 5) is 23.0. The van der Waals surface area contributed by atoms with Gasteiger partial charge in [0.15, 0.2) is 6.04 Å². The van der Waals surface area contributed by atoms with Crippen molar-refractivity contribution < 1.29 is 41.4 Å². The summed E-state index contributed by atoms with van der Waals surface area (Å²) in [6, 6.07) is 1.64. The number of hydrogen-bond acceptors (Lipinski definition) is 3. The van der Waals surface area contributed by atoms with Gasteiger partial charge in [0.2, 0.25) is 5.91 Å². The number of benzene rings is 1. The largest absolute Gasteiger partial charge is 0.481 e. The Morgan fingerprint density at radius 3 is 2.24 bits per heavy atom. The molecule has 0 bridgehead atoms. The fourth-order valence-corrected chi connectivity index (χ4v) is 2.62. The fourth-order valence-electron chi connectivity index (χ4n) is 2.62. The van der Waals surface area contributed by atoms with Crippen molar-refractivity contribution in [1.29, 1.82) is 0 Å². The standard InChI is InChI=1S/C15H14F5NO4/c16-14(17)25-10-4-2-1-3-9(10)11(15(18,19)20)21-12(22)7-5-6-8(7)13(23)24/h1-4,7-8,11,14H,5-6H2,(H,21,22)(H,23,24). The predicted octanol–water partition coefficient (Wildman–Crippen LogP) is 3.12. The summed E-state index contributed by atoms with van der Waals surface area (Å²) in [7, 11) is 0. The zero-order valence-corrected chi connectivity index (χ0v) is 12.6. The number of hydrogen-bond donors (Lipinski definition) is 2. The number of halogens is 5. The van der Waals surface area contributed by atoms with Crippen molar-refractivity contribution >= 4 is 11.9 Å². The third-order valence-electron chi connectivity index (χ3n) is 3.99. The van der Waals surface area contributed by atoms with Crippen LogP contribution in [0.15, 0.2) is 24.3 Å². The predicted molar refractivity (Wildman–Crippen MR) is 73.9 cm³/mol. The average molecular weight is 367 g/mol. The smallest absolute Gasteiger partial charge is 0.413 e. The Kier molecular flexibility index (Phi) is 5.48. The van der Waals surface area contributed by atoms with Crippen molar-refractivity contribution in [3.8, 4) is 5.75 Å². The molecule has 25 heavy (non-hydrogen) atoms. The highest BCUT2D eigenvalue weighted by Crippen LogP contribution is 2.40. The molecule has 1 aliphatic carbocycles. The molecular formula is C15H14F5NO4. The van der Waals surface area contributed by atoms with Crippen LogP contribution in [0.4, 0.5) is 22.0 Å². The number of ether oxygens (including phenoxy) is 1. The van der Waals surface area contributed by atoms with E-state index in [0.717, 1.165) is 12.1 Å².